The molecule has 0 radical (unpaired) electrons. The van der Waals surface area contributed by atoms with Crippen LogP contribution in [-0.2, 0) is 14.6 Å². The lowest BCUT2D eigenvalue weighted by molar-refractivity contribution is 0.198. The first kappa shape index (κ1) is 12.2. The molecular formula is C10H10Cl2O3S. The van der Waals surface area contributed by atoms with Gasteiger partial charge in [0.05, 0.1) is 26.8 Å². The highest BCUT2D eigenvalue weighted by molar-refractivity contribution is 7.92. The molecular weight excluding hydrogens is 271 g/mol. The van der Waals surface area contributed by atoms with Gasteiger partial charge < -0.3 is 4.74 Å². The fourth-order valence-electron chi connectivity index (χ4n) is 1.60. The van der Waals surface area contributed by atoms with E-state index in [0.717, 1.165) is 0 Å². The summed E-state index contributed by atoms with van der Waals surface area (Å²) < 4.78 is 29.3. The summed E-state index contributed by atoms with van der Waals surface area (Å²) >= 11 is 11.5. The van der Waals surface area contributed by atoms with E-state index in [9.17, 15) is 8.42 Å². The van der Waals surface area contributed by atoms with E-state index >= 15 is 0 Å². The van der Waals surface area contributed by atoms with E-state index in [2.05, 4.69) is 0 Å². The van der Waals surface area contributed by atoms with Crippen LogP contribution in [0.2, 0.25) is 10.0 Å². The molecule has 1 unspecified atom stereocenters. The molecule has 1 aliphatic heterocycles. The molecule has 0 aliphatic carbocycles. The van der Waals surface area contributed by atoms with Gasteiger partial charge in [-0.15, -0.1) is 0 Å². The number of sulfone groups is 1. The van der Waals surface area contributed by atoms with Crippen LogP contribution >= 0.6 is 23.2 Å². The third-order valence-corrected chi connectivity index (χ3v) is 5.45. The van der Waals surface area contributed by atoms with Gasteiger partial charge in [0.2, 0.25) is 0 Å². The molecule has 0 N–H and O–H groups in total. The summed E-state index contributed by atoms with van der Waals surface area (Å²) in [5.74, 6) is 0. The molecule has 1 heterocycles. The molecule has 1 atom stereocenters. The van der Waals surface area contributed by atoms with E-state index in [1.54, 1.807) is 0 Å². The highest BCUT2D eigenvalue weighted by Gasteiger charge is 2.31. The molecule has 16 heavy (non-hydrogen) atoms. The van der Waals surface area contributed by atoms with Crippen LogP contribution in [0.4, 0.5) is 0 Å². The van der Waals surface area contributed by atoms with Crippen molar-refractivity contribution >= 4 is 33.0 Å². The quantitative estimate of drug-likeness (QED) is 0.836. The highest BCUT2D eigenvalue weighted by Crippen LogP contribution is 2.28. The predicted molar refractivity (Wildman–Crippen MR) is 62.9 cm³/mol. The largest absolute Gasteiger partial charge is 0.380 e. The van der Waals surface area contributed by atoms with E-state index in [1.165, 1.54) is 18.2 Å². The molecule has 1 aromatic carbocycles. The Labute approximate surface area is 104 Å². The van der Waals surface area contributed by atoms with Gasteiger partial charge in [-0.1, -0.05) is 23.2 Å². The van der Waals surface area contributed by atoms with Crippen LogP contribution in [0.15, 0.2) is 23.1 Å². The molecule has 1 aromatic rings. The smallest absolute Gasteiger partial charge is 0.183 e. The number of ether oxygens (including phenoxy) is 1. The SMILES string of the molecule is O=S(=O)(c1ccc(Cl)c(Cl)c1)C1CCOC1. The zero-order valence-electron chi connectivity index (χ0n) is 8.32. The van der Waals surface area contributed by atoms with Crippen molar-refractivity contribution in [2.75, 3.05) is 13.2 Å². The van der Waals surface area contributed by atoms with Crippen LogP contribution < -0.4 is 0 Å². The van der Waals surface area contributed by atoms with Gasteiger partial charge >= 0.3 is 0 Å². The summed E-state index contributed by atoms with van der Waals surface area (Å²) in [7, 11) is -3.35. The van der Waals surface area contributed by atoms with E-state index in [1.807, 2.05) is 0 Å². The first-order chi connectivity index (χ1) is 7.51. The van der Waals surface area contributed by atoms with E-state index in [-0.39, 0.29) is 16.5 Å². The fourth-order valence-corrected chi connectivity index (χ4v) is 3.57. The number of rotatable bonds is 2. The molecule has 3 nitrogen and oxygen atoms in total. The molecule has 0 spiro atoms. The topological polar surface area (TPSA) is 43.4 Å². The maximum Gasteiger partial charge on any atom is 0.183 e. The normalized spacial score (nSPS) is 21.2. The lowest BCUT2D eigenvalue weighted by atomic mass is 10.4. The van der Waals surface area contributed by atoms with Crippen LogP contribution in [0.3, 0.4) is 0 Å². The second-order valence-corrected chi connectivity index (χ2v) is 6.65. The summed E-state index contributed by atoms with van der Waals surface area (Å²) in [5.41, 5.74) is 0. The minimum absolute atomic E-state index is 0.206. The molecule has 0 saturated carbocycles. The lowest BCUT2D eigenvalue weighted by Gasteiger charge is -2.10. The van der Waals surface area contributed by atoms with Crippen LogP contribution in [0, 0.1) is 0 Å². The Hall–Kier alpha value is -0.290. The summed E-state index contributed by atoms with van der Waals surface area (Å²) in [6, 6.07) is 4.35. The summed E-state index contributed by atoms with van der Waals surface area (Å²) in [4.78, 5) is 0.206. The van der Waals surface area contributed by atoms with Crippen LogP contribution in [0.5, 0.6) is 0 Å². The molecule has 1 fully saturated rings. The standard InChI is InChI=1S/C10H10Cl2O3S/c11-9-2-1-7(5-10(9)12)16(13,14)8-3-4-15-6-8/h1-2,5,8H,3-4,6H2. The van der Waals surface area contributed by atoms with Crippen LogP contribution in [0.25, 0.3) is 0 Å². The summed E-state index contributed by atoms with van der Waals surface area (Å²) in [6.07, 6.45) is 0.530. The number of hydrogen-bond donors (Lipinski definition) is 0. The van der Waals surface area contributed by atoms with Crippen molar-refractivity contribution < 1.29 is 13.2 Å². The monoisotopic (exact) mass is 280 g/mol. The second-order valence-electron chi connectivity index (χ2n) is 3.61. The Balaban J connectivity index is 2.39. The van der Waals surface area contributed by atoms with Gasteiger partial charge in [0.1, 0.15) is 0 Å². The van der Waals surface area contributed by atoms with Crippen LogP contribution in [-0.4, -0.2) is 26.9 Å². The molecule has 0 amide bonds. The average molecular weight is 281 g/mol. The van der Waals surface area contributed by atoms with Crippen molar-refractivity contribution in [3.05, 3.63) is 28.2 Å². The maximum absolute atomic E-state index is 12.1. The Morgan fingerprint density at radius 3 is 2.56 bits per heavy atom. The molecule has 6 heteroatoms. The summed E-state index contributed by atoms with van der Waals surface area (Å²) in [6.45, 7) is 0.744. The highest BCUT2D eigenvalue weighted by atomic mass is 35.5. The molecule has 1 aliphatic rings. The van der Waals surface area contributed by atoms with E-state index < -0.39 is 15.1 Å². The maximum atomic E-state index is 12.1. The van der Waals surface area contributed by atoms with Crippen molar-refractivity contribution in [3.63, 3.8) is 0 Å². The fraction of sp³-hybridized carbons (Fsp3) is 0.400. The van der Waals surface area contributed by atoms with Gasteiger partial charge in [0.15, 0.2) is 9.84 Å². The van der Waals surface area contributed by atoms with Gasteiger partial charge in [0.25, 0.3) is 0 Å². The molecule has 1 saturated heterocycles. The van der Waals surface area contributed by atoms with Gasteiger partial charge in [-0.2, -0.15) is 0 Å². The molecule has 0 bridgehead atoms. The average Bonchev–Trinajstić information content (AvgIpc) is 2.75. The minimum Gasteiger partial charge on any atom is -0.380 e. The minimum atomic E-state index is -3.35. The Bertz CT molecular complexity index is 493. The molecule has 2 rings (SSSR count). The zero-order chi connectivity index (χ0) is 11.8. The van der Waals surface area contributed by atoms with Crippen molar-refractivity contribution in [3.8, 4) is 0 Å². The van der Waals surface area contributed by atoms with Gasteiger partial charge in [0, 0.05) is 6.61 Å². The van der Waals surface area contributed by atoms with Gasteiger partial charge in [-0.25, -0.2) is 8.42 Å². The first-order valence-electron chi connectivity index (χ1n) is 4.78. The zero-order valence-corrected chi connectivity index (χ0v) is 10.6. The Kier molecular flexibility index (Phi) is 3.45. The van der Waals surface area contributed by atoms with E-state index in [0.29, 0.717) is 18.1 Å². The number of halogens is 2. The van der Waals surface area contributed by atoms with Crippen molar-refractivity contribution in [1.82, 2.24) is 0 Å². The van der Waals surface area contributed by atoms with Crippen molar-refractivity contribution in [2.45, 2.75) is 16.6 Å². The van der Waals surface area contributed by atoms with Crippen LogP contribution in [0.1, 0.15) is 6.42 Å². The lowest BCUT2D eigenvalue weighted by Crippen LogP contribution is -2.21. The third-order valence-electron chi connectivity index (χ3n) is 2.55. The van der Waals surface area contributed by atoms with Crippen molar-refractivity contribution in [1.29, 1.82) is 0 Å². The summed E-state index contributed by atoms with van der Waals surface area (Å²) in [5, 5.41) is 0.134. The number of benzene rings is 1. The van der Waals surface area contributed by atoms with Gasteiger partial charge in [-0.05, 0) is 24.6 Å². The number of hydrogen-bond acceptors (Lipinski definition) is 3. The van der Waals surface area contributed by atoms with E-state index in [4.69, 9.17) is 27.9 Å². The second kappa shape index (κ2) is 4.53. The molecule has 0 aromatic heterocycles. The Morgan fingerprint density at radius 2 is 2.00 bits per heavy atom. The van der Waals surface area contributed by atoms with Crippen molar-refractivity contribution in [2.24, 2.45) is 0 Å². The van der Waals surface area contributed by atoms with Gasteiger partial charge in [-0.3, -0.25) is 0 Å². The first-order valence-corrected chi connectivity index (χ1v) is 7.09. The third kappa shape index (κ3) is 2.20. The Morgan fingerprint density at radius 1 is 1.25 bits per heavy atom. The predicted octanol–water partition coefficient (Wildman–Crippen LogP) is 2.56. The molecule has 88 valence electrons.